The number of hydrogen-bond acceptors (Lipinski definition) is 4. The minimum absolute atomic E-state index is 0.244. The second-order valence-electron chi connectivity index (χ2n) is 6.18. The van der Waals surface area contributed by atoms with Crippen LogP contribution in [0.25, 0.3) is 0 Å². The van der Waals surface area contributed by atoms with Gasteiger partial charge in [0.05, 0.1) is 11.0 Å². The average Bonchev–Trinajstić information content (AvgIpc) is 2.61. The van der Waals surface area contributed by atoms with Crippen molar-refractivity contribution in [2.45, 2.75) is 18.3 Å². The number of halogens is 2. The molecule has 2 aromatic rings. The van der Waals surface area contributed by atoms with Gasteiger partial charge in [-0.05, 0) is 42.7 Å². The lowest BCUT2D eigenvalue weighted by Gasteiger charge is -2.38. The van der Waals surface area contributed by atoms with Gasteiger partial charge in [0, 0.05) is 25.2 Å². The second kappa shape index (κ2) is 7.14. The summed E-state index contributed by atoms with van der Waals surface area (Å²) in [6, 6.07) is 9.81. The van der Waals surface area contributed by atoms with Crippen LogP contribution < -0.4 is 5.32 Å². The smallest absolute Gasteiger partial charge is 0.295 e. The minimum Gasteiger partial charge on any atom is -0.381 e. The molecule has 1 N–H and O–H groups in total. The van der Waals surface area contributed by atoms with Gasteiger partial charge in [0.1, 0.15) is 17.3 Å². The van der Waals surface area contributed by atoms with Gasteiger partial charge in [-0.1, -0.05) is 12.1 Å². The molecule has 0 aliphatic carbocycles. The lowest BCUT2D eigenvalue weighted by molar-refractivity contribution is -0.384. The fraction of sp³-hybridized carbons (Fsp3) is 0.333. The van der Waals surface area contributed by atoms with Crippen molar-refractivity contribution in [1.29, 1.82) is 0 Å². The van der Waals surface area contributed by atoms with Crippen LogP contribution in [0.2, 0.25) is 0 Å². The van der Waals surface area contributed by atoms with Gasteiger partial charge in [0.25, 0.3) is 5.69 Å². The van der Waals surface area contributed by atoms with Crippen molar-refractivity contribution >= 4 is 11.4 Å². The summed E-state index contributed by atoms with van der Waals surface area (Å²) in [4.78, 5) is 10.5. The zero-order valence-electron chi connectivity index (χ0n) is 13.5. The molecule has 5 nitrogen and oxygen atoms in total. The SMILES string of the molecule is O=[N+]([O-])c1cc(F)ccc1NCC1(c2cccc(F)c2)CCOCC1. The number of ether oxygens (including phenoxy) is 1. The van der Waals surface area contributed by atoms with Crippen LogP contribution in [0, 0.1) is 21.7 Å². The highest BCUT2D eigenvalue weighted by atomic mass is 19.1. The van der Waals surface area contributed by atoms with Crippen molar-refractivity contribution in [1.82, 2.24) is 0 Å². The first-order valence-corrected chi connectivity index (χ1v) is 8.02. The number of nitrogens with zero attached hydrogens (tertiary/aromatic N) is 1. The van der Waals surface area contributed by atoms with E-state index < -0.39 is 16.2 Å². The second-order valence-corrected chi connectivity index (χ2v) is 6.18. The van der Waals surface area contributed by atoms with E-state index in [1.165, 1.54) is 24.3 Å². The molecule has 0 spiro atoms. The molecule has 1 aliphatic rings. The summed E-state index contributed by atoms with van der Waals surface area (Å²) in [5.41, 5.74) is 0.353. The Balaban J connectivity index is 1.89. The molecule has 7 heteroatoms. The van der Waals surface area contributed by atoms with Gasteiger partial charge >= 0.3 is 0 Å². The molecule has 0 bridgehead atoms. The predicted octanol–water partition coefficient (Wildman–Crippen LogP) is 4.03. The van der Waals surface area contributed by atoms with E-state index in [0.29, 0.717) is 32.6 Å². The summed E-state index contributed by atoms with van der Waals surface area (Å²) in [5, 5.41) is 14.2. The summed E-state index contributed by atoms with van der Waals surface area (Å²) in [7, 11) is 0. The number of nitrogens with one attached hydrogen (secondary N) is 1. The van der Waals surface area contributed by atoms with Crippen LogP contribution in [-0.2, 0) is 10.2 Å². The molecule has 25 heavy (non-hydrogen) atoms. The third-order valence-corrected chi connectivity index (χ3v) is 4.66. The van der Waals surface area contributed by atoms with Gasteiger partial charge in [-0.15, -0.1) is 0 Å². The van der Waals surface area contributed by atoms with E-state index in [1.54, 1.807) is 6.07 Å². The number of rotatable bonds is 5. The fourth-order valence-corrected chi connectivity index (χ4v) is 3.22. The van der Waals surface area contributed by atoms with Gasteiger partial charge in [0.15, 0.2) is 0 Å². The Labute approximate surface area is 143 Å². The number of anilines is 1. The third kappa shape index (κ3) is 3.76. The Morgan fingerprint density at radius 1 is 1.12 bits per heavy atom. The van der Waals surface area contributed by atoms with E-state index in [1.807, 2.05) is 6.07 Å². The molecule has 0 saturated carbocycles. The highest BCUT2D eigenvalue weighted by Gasteiger charge is 2.35. The molecule has 1 aliphatic heterocycles. The molecule has 1 fully saturated rings. The van der Waals surface area contributed by atoms with E-state index in [4.69, 9.17) is 4.74 Å². The Kier molecular flexibility index (Phi) is 4.94. The van der Waals surface area contributed by atoms with Crippen LogP contribution in [0.4, 0.5) is 20.2 Å². The Morgan fingerprint density at radius 3 is 2.52 bits per heavy atom. The number of nitro benzene ring substituents is 1. The minimum atomic E-state index is -0.664. The maximum Gasteiger partial charge on any atom is 0.295 e. The lowest BCUT2D eigenvalue weighted by atomic mass is 9.74. The molecular weight excluding hydrogens is 330 g/mol. The maximum absolute atomic E-state index is 13.7. The van der Waals surface area contributed by atoms with Gasteiger partial charge in [-0.25, -0.2) is 8.78 Å². The molecule has 3 rings (SSSR count). The van der Waals surface area contributed by atoms with Crippen molar-refractivity contribution in [3.8, 4) is 0 Å². The summed E-state index contributed by atoms with van der Waals surface area (Å²) < 4.78 is 32.4. The molecule has 0 atom stereocenters. The molecule has 0 aromatic heterocycles. The maximum atomic E-state index is 13.7. The van der Waals surface area contributed by atoms with E-state index in [9.17, 15) is 18.9 Å². The number of hydrogen-bond donors (Lipinski definition) is 1. The third-order valence-electron chi connectivity index (χ3n) is 4.66. The van der Waals surface area contributed by atoms with Gasteiger partial charge in [-0.3, -0.25) is 10.1 Å². The zero-order chi connectivity index (χ0) is 17.9. The average molecular weight is 348 g/mol. The molecule has 0 amide bonds. The predicted molar refractivity (Wildman–Crippen MR) is 89.7 cm³/mol. The monoisotopic (exact) mass is 348 g/mol. The fourth-order valence-electron chi connectivity index (χ4n) is 3.22. The van der Waals surface area contributed by atoms with Crippen LogP contribution in [0.1, 0.15) is 18.4 Å². The molecule has 1 saturated heterocycles. The van der Waals surface area contributed by atoms with Crippen molar-refractivity contribution in [3.63, 3.8) is 0 Å². The number of nitro groups is 1. The van der Waals surface area contributed by atoms with E-state index in [0.717, 1.165) is 11.6 Å². The Morgan fingerprint density at radius 2 is 1.84 bits per heavy atom. The van der Waals surface area contributed by atoms with Crippen molar-refractivity contribution < 1.29 is 18.4 Å². The topological polar surface area (TPSA) is 64.4 Å². The quantitative estimate of drug-likeness (QED) is 0.654. The summed E-state index contributed by atoms with van der Waals surface area (Å²) in [6.07, 6.45) is 1.33. The lowest BCUT2D eigenvalue weighted by Crippen LogP contribution is -2.40. The Bertz CT molecular complexity index is 777. The molecule has 0 radical (unpaired) electrons. The van der Waals surface area contributed by atoms with Gasteiger partial charge in [0.2, 0.25) is 0 Å². The highest BCUT2D eigenvalue weighted by molar-refractivity contribution is 5.61. The largest absolute Gasteiger partial charge is 0.381 e. The normalized spacial score (nSPS) is 16.4. The van der Waals surface area contributed by atoms with Crippen LogP contribution in [0.15, 0.2) is 42.5 Å². The standard InChI is InChI=1S/C18H18F2N2O3/c19-14-3-1-2-13(10-14)18(6-8-25-9-7-18)12-21-16-5-4-15(20)11-17(16)22(23)24/h1-5,10-11,21H,6-9,12H2. The van der Waals surface area contributed by atoms with Crippen molar-refractivity contribution in [3.05, 3.63) is 69.8 Å². The summed E-state index contributed by atoms with van der Waals surface area (Å²) >= 11 is 0. The molecule has 1 heterocycles. The first kappa shape index (κ1) is 17.3. The van der Waals surface area contributed by atoms with E-state index in [2.05, 4.69) is 5.32 Å². The van der Waals surface area contributed by atoms with Crippen molar-refractivity contribution in [2.75, 3.05) is 25.1 Å². The number of benzene rings is 2. The van der Waals surface area contributed by atoms with Gasteiger partial charge in [-0.2, -0.15) is 0 Å². The van der Waals surface area contributed by atoms with Crippen LogP contribution in [0.3, 0.4) is 0 Å². The summed E-state index contributed by atoms with van der Waals surface area (Å²) in [6.45, 7) is 1.43. The molecule has 132 valence electrons. The Hall–Kier alpha value is -2.54. The zero-order valence-corrected chi connectivity index (χ0v) is 13.5. The van der Waals surface area contributed by atoms with E-state index >= 15 is 0 Å². The van der Waals surface area contributed by atoms with Gasteiger partial charge < -0.3 is 10.1 Å². The highest BCUT2D eigenvalue weighted by Crippen LogP contribution is 2.36. The van der Waals surface area contributed by atoms with Crippen LogP contribution in [0.5, 0.6) is 0 Å². The van der Waals surface area contributed by atoms with Crippen LogP contribution in [-0.4, -0.2) is 24.7 Å². The van der Waals surface area contributed by atoms with E-state index in [-0.39, 0.29) is 17.2 Å². The first-order chi connectivity index (χ1) is 12.0. The first-order valence-electron chi connectivity index (χ1n) is 8.02. The molecule has 2 aromatic carbocycles. The molecular formula is C18H18F2N2O3. The molecule has 0 unspecified atom stereocenters. The summed E-state index contributed by atoms with van der Waals surface area (Å²) in [5.74, 6) is -0.987. The van der Waals surface area contributed by atoms with Crippen molar-refractivity contribution in [2.24, 2.45) is 0 Å². The van der Waals surface area contributed by atoms with Crippen LogP contribution >= 0.6 is 0 Å².